The van der Waals surface area contributed by atoms with E-state index in [9.17, 15) is 19.8 Å². The number of hydrogen-bond donors (Lipinski definition) is 3. The van der Waals surface area contributed by atoms with Crippen molar-refractivity contribution in [3.8, 4) is 0 Å². The summed E-state index contributed by atoms with van der Waals surface area (Å²) in [6, 6.07) is -0.715. The fourth-order valence-electron chi connectivity index (χ4n) is 7.82. The molecule has 364 valence electrons. The van der Waals surface area contributed by atoms with Crippen LogP contribution in [0.3, 0.4) is 0 Å². The van der Waals surface area contributed by atoms with Gasteiger partial charge in [-0.05, 0) is 77.0 Å². The van der Waals surface area contributed by atoms with Gasteiger partial charge in [0.1, 0.15) is 6.10 Å². The van der Waals surface area contributed by atoms with Crippen molar-refractivity contribution >= 4 is 11.9 Å². The molecule has 0 aromatic carbocycles. The lowest BCUT2D eigenvalue weighted by Crippen LogP contribution is -2.46. The predicted molar refractivity (Wildman–Crippen MR) is 273 cm³/mol. The predicted octanol–water partition coefficient (Wildman–Crippen LogP) is 16.2. The molecule has 0 aromatic rings. The molecule has 0 aliphatic heterocycles. The number of nitrogens with one attached hydrogen (secondary N) is 1. The van der Waals surface area contributed by atoms with Crippen LogP contribution < -0.4 is 5.32 Å². The SMILES string of the molecule is CC/C=C/C=C/C=C\C=C/CCCCCC(=O)OC(CCCCCCCCC/C=C\C/C=C\CCCCC)CC(=O)NC(CO)C(O)CCCCCCCCCCCCCCCC. The van der Waals surface area contributed by atoms with Gasteiger partial charge in [0.15, 0.2) is 0 Å². The molecule has 0 spiro atoms. The van der Waals surface area contributed by atoms with E-state index in [1.54, 1.807) is 0 Å². The third kappa shape index (κ3) is 45.7. The summed E-state index contributed by atoms with van der Waals surface area (Å²) in [5.74, 6) is -0.526. The number of carbonyl (C=O) groups is 2. The van der Waals surface area contributed by atoms with Gasteiger partial charge in [0.2, 0.25) is 5.91 Å². The standard InChI is InChI=1S/C57H101NO5/c1-4-7-10-13-16-19-22-25-27-28-29-31-33-36-39-42-45-48-53(63-57(62)50-47-44-41-38-35-30-24-21-18-15-12-9-6-3)51-56(61)58-54(52-59)55(60)49-46-43-40-37-34-32-26-23-20-17-14-11-8-5-2/h9,12,15-16,18-19,21,24-25,27,30,35,53-55,59-60H,4-8,10-11,13-14,17,20,22-23,26,28-29,31-34,36-52H2,1-3H3,(H,58,61)/b12-9+,18-15+,19-16-,24-21-,27-25-,35-30-. The minimum absolute atomic E-state index is 0.0539. The van der Waals surface area contributed by atoms with Gasteiger partial charge in [-0.1, -0.05) is 235 Å². The Hall–Kier alpha value is -2.70. The Morgan fingerprint density at radius 2 is 0.921 bits per heavy atom. The number of allylic oxidation sites excluding steroid dienone is 12. The number of ether oxygens (including phenoxy) is 1. The summed E-state index contributed by atoms with van der Waals surface area (Å²) in [5.41, 5.74) is 0. The van der Waals surface area contributed by atoms with Crippen LogP contribution in [0, 0.1) is 0 Å². The molecule has 0 fully saturated rings. The Labute approximate surface area is 390 Å². The summed E-state index contributed by atoms with van der Waals surface area (Å²) in [7, 11) is 0. The van der Waals surface area contributed by atoms with Gasteiger partial charge in [0.25, 0.3) is 0 Å². The van der Waals surface area contributed by atoms with Crippen molar-refractivity contribution in [2.45, 2.75) is 270 Å². The molecule has 63 heavy (non-hydrogen) atoms. The smallest absolute Gasteiger partial charge is 0.306 e. The average Bonchev–Trinajstić information content (AvgIpc) is 3.28. The molecule has 6 heteroatoms. The summed E-state index contributed by atoms with van der Waals surface area (Å²) in [4.78, 5) is 26.2. The van der Waals surface area contributed by atoms with Crippen molar-refractivity contribution in [2.24, 2.45) is 0 Å². The summed E-state index contributed by atoms with van der Waals surface area (Å²) in [6.07, 6.45) is 63.9. The van der Waals surface area contributed by atoms with Crippen LogP contribution in [0.15, 0.2) is 72.9 Å². The minimum atomic E-state index is -0.800. The molecule has 1 amide bonds. The lowest BCUT2D eigenvalue weighted by molar-refractivity contribution is -0.151. The second-order valence-electron chi connectivity index (χ2n) is 18.0. The summed E-state index contributed by atoms with van der Waals surface area (Å²) < 4.78 is 5.92. The van der Waals surface area contributed by atoms with Crippen LogP contribution in [0.2, 0.25) is 0 Å². The van der Waals surface area contributed by atoms with Crippen molar-refractivity contribution in [1.29, 1.82) is 0 Å². The number of hydrogen-bond acceptors (Lipinski definition) is 5. The van der Waals surface area contributed by atoms with Gasteiger partial charge in [0, 0.05) is 6.42 Å². The molecular formula is C57H101NO5. The van der Waals surface area contributed by atoms with E-state index in [4.69, 9.17) is 4.74 Å². The van der Waals surface area contributed by atoms with Gasteiger partial charge in [-0.15, -0.1) is 0 Å². The van der Waals surface area contributed by atoms with Crippen molar-refractivity contribution < 1.29 is 24.5 Å². The van der Waals surface area contributed by atoms with Crippen LogP contribution in [-0.2, 0) is 14.3 Å². The summed E-state index contributed by atoms with van der Waals surface area (Å²) in [5, 5.41) is 23.8. The Morgan fingerprint density at radius 1 is 0.492 bits per heavy atom. The Kier molecular flexibility index (Phi) is 48.1. The number of esters is 1. The maximum atomic E-state index is 13.2. The van der Waals surface area contributed by atoms with Crippen LogP contribution in [0.5, 0.6) is 0 Å². The first-order valence-corrected chi connectivity index (χ1v) is 26.7. The van der Waals surface area contributed by atoms with E-state index in [-0.39, 0.29) is 24.9 Å². The summed E-state index contributed by atoms with van der Waals surface area (Å²) >= 11 is 0. The number of aliphatic hydroxyl groups is 2. The highest BCUT2D eigenvalue weighted by atomic mass is 16.5. The maximum Gasteiger partial charge on any atom is 0.306 e. The lowest BCUT2D eigenvalue weighted by atomic mass is 10.0. The van der Waals surface area contributed by atoms with Gasteiger partial charge in [-0.3, -0.25) is 9.59 Å². The number of amides is 1. The molecule has 3 atom stereocenters. The molecule has 0 bridgehead atoms. The third-order valence-corrected chi connectivity index (χ3v) is 11.9. The first-order valence-electron chi connectivity index (χ1n) is 26.7. The maximum absolute atomic E-state index is 13.2. The zero-order chi connectivity index (χ0) is 45.9. The number of aliphatic hydroxyl groups excluding tert-OH is 2. The molecule has 0 heterocycles. The van der Waals surface area contributed by atoms with Crippen LogP contribution in [0.4, 0.5) is 0 Å². The monoisotopic (exact) mass is 880 g/mol. The van der Waals surface area contributed by atoms with Crippen LogP contribution in [0.25, 0.3) is 0 Å². The van der Waals surface area contributed by atoms with Crippen LogP contribution >= 0.6 is 0 Å². The normalized spacial score (nSPS) is 13.8. The molecule has 0 aromatic heterocycles. The van der Waals surface area contributed by atoms with Gasteiger partial charge >= 0.3 is 5.97 Å². The highest BCUT2D eigenvalue weighted by Crippen LogP contribution is 2.18. The fraction of sp³-hybridized carbons (Fsp3) is 0.754. The molecule has 0 rings (SSSR count). The van der Waals surface area contributed by atoms with E-state index >= 15 is 0 Å². The average molecular weight is 880 g/mol. The molecule has 0 radical (unpaired) electrons. The largest absolute Gasteiger partial charge is 0.462 e. The van der Waals surface area contributed by atoms with Crippen molar-refractivity contribution in [2.75, 3.05) is 6.61 Å². The topological polar surface area (TPSA) is 95.9 Å². The molecule has 0 saturated carbocycles. The Bertz CT molecular complexity index is 1170. The fourth-order valence-corrected chi connectivity index (χ4v) is 7.82. The molecule has 6 nitrogen and oxygen atoms in total. The molecular weight excluding hydrogens is 779 g/mol. The van der Waals surface area contributed by atoms with E-state index in [0.717, 1.165) is 83.5 Å². The van der Waals surface area contributed by atoms with Crippen molar-refractivity contribution in [3.63, 3.8) is 0 Å². The highest BCUT2D eigenvalue weighted by Gasteiger charge is 2.24. The first kappa shape index (κ1) is 60.3. The van der Waals surface area contributed by atoms with E-state index in [1.165, 1.54) is 122 Å². The van der Waals surface area contributed by atoms with Crippen molar-refractivity contribution in [3.05, 3.63) is 72.9 Å². The lowest BCUT2D eigenvalue weighted by Gasteiger charge is -2.24. The van der Waals surface area contributed by atoms with E-state index in [2.05, 4.69) is 74.7 Å². The second kappa shape index (κ2) is 50.3. The molecule has 3 N–H and O–H groups in total. The molecule has 0 aliphatic rings. The molecule has 0 aliphatic carbocycles. The number of unbranched alkanes of at least 4 members (excludes halogenated alkanes) is 26. The zero-order valence-electron chi connectivity index (χ0n) is 41.4. The molecule has 0 saturated heterocycles. The Morgan fingerprint density at radius 3 is 1.46 bits per heavy atom. The van der Waals surface area contributed by atoms with Crippen LogP contribution in [0.1, 0.15) is 252 Å². The third-order valence-electron chi connectivity index (χ3n) is 11.9. The van der Waals surface area contributed by atoms with Gasteiger partial charge in [0.05, 0.1) is 25.2 Å². The van der Waals surface area contributed by atoms with Gasteiger partial charge in [-0.25, -0.2) is 0 Å². The van der Waals surface area contributed by atoms with E-state index < -0.39 is 18.2 Å². The quantitative estimate of drug-likeness (QED) is 0.0245. The van der Waals surface area contributed by atoms with Gasteiger partial charge < -0.3 is 20.3 Å². The minimum Gasteiger partial charge on any atom is -0.462 e. The van der Waals surface area contributed by atoms with Crippen molar-refractivity contribution in [1.82, 2.24) is 5.32 Å². The van der Waals surface area contributed by atoms with E-state index in [1.807, 2.05) is 24.3 Å². The Balaban J connectivity index is 4.64. The van der Waals surface area contributed by atoms with Gasteiger partial charge in [-0.2, -0.15) is 0 Å². The molecule has 3 unspecified atom stereocenters. The zero-order valence-corrected chi connectivity index (χ0v) is 41.4. The second-order valence-corrected chi connectivity index (χ2v) is 18.0. The van der Waals surface area contributed by atoms with Crippen LogP contribution in [-0.4, -0.2) is 46.9 Å². The van der Waals surface area contributed by atoms with E-state index in [0.29, 0.717) is 19.3 Å². The highest BCUT2D eigenvalue weighted by molar-refractivity contribution is 5.77. The number of rotatable bonds is 47. The summed E-state index contributed by atoms with van der Waals surface area (Å²) in [6.45, 7) is 6.32. The first-order chi connectivity index (χ1) is 31.0. The number of carbonyl (C=O) groups excluding carboxylic acids is 2.